The van der Waals surface area contributed by atoms with Crippen molar-refractivity contribution in [2.24, 2.45) is 0 Å². The van der Waals surface area contributed by atoms with Crippen molar-refractivity contribution in [2.45, 2.75) is 19.9 Å². The molecule has 0 N–H and O–H groups in total. The highest BCUT2D eigenvalue weighted by atomic mass is 32.2. The molecule has 1 atom stereocenters. The van der Waals surface area contributed by atoms with Crippen LogP contribution in [0.15, 0.2) is 29.2 Å². The predicted octanol–water partition coefficient (Wildman–Crippen LogP) is 1.42. The van der Waals surface area contributed by atoms with Crippen molar-refractivity contribution in [2.75, 3.05) is 6.61 Å². The number of carbonyl (C=O) groups excluding carboxylic acids is 2. The summed E-state index contributed by atoms with van der Waals surface area (Å²) in [5.74, 6) is -1.12. The van der Waals surface area contributed by atoms with Gasteiger partial charge in [0.1, 0.15) is 10.1 Å². The average molecular weight is 336 g/mol. The standard InChI is InChI=1S/C15H15NO4S2/c1-3-20-11-7-5-4-6-10(11)8-12-13(17)16(15(21)22-12)9(2)14(18)19/h4-9H,3H2,1-2H3,(H,18,19)/p-1. The van der Waals surface area contributed by atoms with Gasteiger partial charge in [0.25, 0.3) is 5.91 Å². The number of ether oxygens (including phenoxy) is 1. The van der Waals surface area contributed by atoms with Gasteiger partial charge in [0.2, 0.25) is 0 Å². The topological polar surface area (TPSA) is 69.7 Å². The second kappa shape index (κ2) is 6.93. The molecule has 0 radical (unpaired) electrons. The van der Waals surface area contributed by atoms with Crippen molar-refractivity contribution < 1.29 is 19.4 Å². The highest BCUT2D eigenvalue weighted by Gasteiger charge is 2.35. The Morgan fingerprint density at radius 3 is 2.82 bits per heavy atom. The number of para-hydroxylation sites is 1. The summed E-state index contributed by atoms with van der Waals surface area (Å²) >= 11 is 6.17. The summed E-state index contributed by atoms with van der Waals surface area (Å²) in [4.78, 5) is 24.7. The first kappa shape index (κ1) is 16.5. The van der Waals surface area contributed by atoms with Crippen molar-refractivity contribution in [1.82, 2.24) is 4.90 Å². The first-order valence-electron chi connectivity index (χ1n) is 6.65. The smallest absolute Gasteiger partial charge is 0.266 e. The minimum absolute atomic E-state index is 0.210. The Morgan fingerprint density at radius 2 is 2.18 bits per heavy atom. The van der Waals surface area contributed by atoms with Crippen LogP contribution in [0.3, 0.4) is 0 Å². The predicted molar refractivity (Wildman–Crippen MR) is 87.1 cm³/mol. The van der Waals surface area contributed by atoms with Crippen molar-refractivity contribution >= 4 is 46.3 Å². The third kappa shape index (κ3) is 3.31. The molecule has 0 bridgehead atoms. The molecule has 2 rings (SSSR count). The molecule has 1 amide bonds. The van der Waals surface area contributed by atoms with Gasteiger partial charge in [-0.1, -0.05) is 42.2 Å². The Bertz CT molecular complexity index is 657. The van der Waals surface area contributed by atoms with E-state index in [0.717, 1.165) is 22.2 Å². The number of amides is 1. The van der Waals surface area contributed by atoms with Crippen LogP contribution in [-0.4, -0.2) is 33.7 Å². The van der Waals surface area contributed by atoms with Gasteiger partial charge in [0.05, 0.1) is 23.5 Å². The summed E-state index contributed by atoms with van der Waals surface area (Å²) in [7, 11) is 0. The van der Waals surface area contributed by atoms with Gasteiger partial charge in [-0.25, -0.2) is 0 Å². The van der Waals surface area contributed by atoms with Gasteiger partial charge >= 0.3 is 0 Å². The maximum Gasteiger partial charge on any atom is 0.266 e. The average Bonchev–Trinajstić information content (AvgIpc) is 2.75. The van der Waals surface area contributed by atoms with Crippen LogP contribution >= 0.6 is 24.0 Å². The first-order chi connectivity index (χ1) is 10.5. The minimum atomic E-state index is -1.34. The molecule has 1 heterocycles. The van der Waals surface area contributed by atoms with E-state index in [1.165, 1.54) is 6.92 Å². The number of thioether (sulfide) groups is 1. The largest absolute Gasteiger partial charge is 0.548 e. The van der Waals surface area contributed by atoms with Crippen LogP contribution in [0.2, 0.25) is 0 Å². The van der Waals surface area contributed by atoms with E-state index in [2.05, 4.69) is 0 Å². The molecule has 1 aliphatic heterocycles. The number of carboxylic acid groups (broad SMARTS) is 1. The molecule has 7 heteroatoms. The Hall–Kier alpha value is -1.86. The van der Waals surface area contributed by atoms with Crippen LogP contribution in [0.1, 0.15) is 19.4 Å². The van der Waals surface area contributed by atoms with Gasteiger partial charge in [-0.15, -0.1) is 0 Å². The van der Waals surface area contributed by atoms with Gasteiger partial charge < -0.3 is 14.6 Å². The maximum atomic E-state index is 12.4. The van der Waals surface area contributed by atoms with Crippen LogP contribution in [0.5, 0.6) is 5.75 Å². The van der Waals surface area contributed by atoms with Crippen LogP contribution in [0.25, 0.3) is 6.08 Å². The summed E-state index contributed by atoms with van der Waals surface area (Å²) < 4.78 is 5.72. The molecule has 1 aromatic rings. The molecule has 1 aromatic carbocycles. The van der Waals surface area contributed by atoms with Crippen molar-refractivity contribution in [3.05, 3.63) is 34.7 Å². The molecule has 1 fully saturated rings. The zero-order valence-electron chi connectivity index (χ0n) is 12.1. The van der Waals surface area contributed by atoms with Crippen molar-refractivity contribution in [3.63, 3.8) is 0 Å². The van der Waals surface area contributed by atoms with Crippen LogP contribution < -0.4 is 9.84 Å². The molecule has 0 aliphatic carbocycles. The van der Waals surface area contributed by atoms with Crippen LogP contribution in [0.4, 0.5) is 0 Å². The summed E-state index contributed by atoms with van der Waals surface area (Å²) in [6, 6.07) is 6.20. The van der Waals surface area contributed by atoms with E-state index >= 15 is 0 Å². The molecule has 5 nitrogen and oxygen atoms in total. The lowest BCUT2D eigenvalue weighted by Gasteiger charge is -2.23. The quantitative estimate of drug-likeness (QED) is 0.598. The Morgan fingerprint density at radius 1 is 1.50 bits per heavy atom. The van der Waals surface area contributed by atoms with Crippen molar-refractivity contribution in [1.29, 1.82) is 0 Å². The van der Waals surface area contributed by atoms with E-state index in [1.54, 1.807) is 12.1 Å². The number of hydrogen-bond donors (Lipinski definition) is 0. The Balaban J connectivity index is 2.33. The van der Waals surface area contributed by atoms with Gasteiger partial charge in [-0.05, 0) is 26.0 Å². The summed E-state index contributed by atoms with van der Waals surface area (Å²) in [5.41, 5.74) is 0.742. The third-order valence-electron chi connectivity index (χ3n) is 3.06. The van der Waals surface area contributed by atoms with Crippen molar-refractivity contribution in [3.8, 4) is 5.75 Å². The molecule has 1 saturated heterocycles. The van der Waals surface area contributed by atoms with E-state index in [-0.39, 0.29) is 4.32 Å². The highest BCUT2D eigenvalue weighted by molar-refractivity contribution is 8.26. The lowest BCUT2D eigenvalue weighted by Crippen LogP contribution is -2.48. The summed E-state index contributed by atoms with van der Waals surface area (Å²) in [6.45, 7) is 3.75. The summed E-state index contributed by atoms with van der Waals surface area (Å²) in [6.07, 6.45) is 1.66. The second-order valence-corrected chi connectivity index (χ2v) is 6.19. The Labute approximate surface area is 137 Å². The molecule has 0 saturated carbocycles. The zero-order valence-corrected chi connectivity index (χ0v) is 13.7. The number of nitrogens with zero attached hydrogens (tertiary/aromatic N) is 1. The Kier molecular flexibility index (Phi) is 5.20. The fraction of sp³-hybridized carbons (Fsp3) is 0.267. The number of aliphatic carboxylic acids is 1. The number of rotatable bonds is 5. The zero-order chi connectivity index (χ0) is 16.3. The fourth-order valence-corrected chi connectivity index (χ4v) is 3.36. The van der Waals surface area contributed by atoms with Crippen LogP contribution in [0, 0.1) is 0 Å². The molecular weight excluding hydrogens is 322 g/mol. The molecule has 22 heavy (non-hydrogen) atoms. The number of benzene rings is 1. The number of thiocarbonyl (C=S) groups is 1. The molecular formula is C15H14NO4S2-. The van der Waals surface area contributed by atoms with E-state index in [0.29, 0.717) is 17.3 Å². The SMILES string of the molecule is CCOc1ccccc1C=C1SC(=S)N(C(C)C(=O)[O-])C1=O. The fourth-order valence-electron chi connectivity index (χ4n) is 1.95. The number of carbonyl (C=O) groups is 2. The molecule has 1 aliphatic rings. The molecule has 0 aromatic heterocycles. The molecule has 1 unspecified atom stereocenters. The van der Waals surface area contributed by atoms with Gasteiger partial charge in [0.15, 0.2) is 0 Å². The number of hydrogen-bond acceptors (Lipinski definition) is 6. The second-order valence-electron chi connectivity index (χ2n) is 4.52. The number of carboxylic acids is 1. The van der Waals surface area contributed by atoms with Crippen LogP contribution in [-0.2, 0) is 9.59 Å². The lowest BCUT2D eigenvalue weighted by atomic mass is 10.2. The minimum Gasteiger partial charge on any atom is -0.548 e. The normalized spacial score (nSPS) is 17.9. The monoisotopic (exact) mass is 336 g/mol. The molecule has 116 valence electrons. The maximum absolute atomic E-state index is 12.4. The summed E-state index contributed by atoms with van der Waals surface area (Å²) in [5, 5.41) is 11.0. The van der Waals surface area contributed by atoms with E-state index < -0.39 is 17.9 Å². The van der Waals surface area contributed by atoms with E-state index in [9.17, 15) is 14.7 Å². The third-order valence-corrected chi connectivity index (χ3v) is 4.39. The van der Waals surface area contributed by atoms with Gasteiger partial charge in [-0.2, -0.15) is 0 Å². The first-order valence-corrected chi connectivity index (χ1v) is 7.88. The van der Waals surface area contributed by atoms with E-state index in [1.807, 2.05) is 25.1 Å². The van der Waals surface area contributed by atoms with Gasteiger partial charge in [-0.3, -0.25) is 9.69 Å². The van der Waals surface area contributed by atoms with E-state index in [4.69, 9.17) is 17.0 Å². The highest BCUT2D eigenvalue weighted by Crippen LogP contribution is 2.35. The lowest BCUT2D eigenvalue weighted by molar-refractivity contribution is -0.309. The van der Waals surface area contributed by atoms with Gasteiger partial charge in [0, 0.05) is 5.56 Å². The molecule has 0 spiro atoms.